The first-order valence-electron chi connectivity index (χ1n) is 8.35. The summed E-state index contributed by atoms with van der Waals surface area (Å²) in [4.78, 5) is 15.4. The summed E-state index contributed by atoms with van der Waals surface area (Å²) < 4.78 is 1.74. The molecule has 4 aromatic rings. The molecule has 6 heteroatoms. The lowest BCUT2D eigenvalue weighted by atomic mass is 10.1. The molecule has 2 aromatic carbocycles. The number of nitrogens with zero attached hydrogens (tertiary/aromatic N) is 2. The zero-order valence-electron chi connectivity index (χ0n) is 14.0. The Hall–Kier alpha value is -3.38. The molecule has 1 amide bonds. The van der Waals surface area contributed by atoms with Crippen LogP contribution in [-0.4, -0.2) is 32.3 Å². The molecule has 0 aliphatic rings. The Balaban J connectivity index is 1.40. The number of amides is 1. The van der Waals surface area contributed by atoms with Gasteiger partial charge in [0.2, 0.25) is 0 Å². The van der Waals surface area contributed by atoms with Crippen molar-refractivity contribution in [3.05, 3.63) is 84.3 Å². The Morgan fingerprint density at radius 3 is 2.69 bits per heavy atom. The van der Waals surface area contributed by atoms with Gasteiger partial charge in [0, 0.05) is 29.8 Å². The van der Waals surface area contributed by atoms with Crippen LogP contribution >= 0.6 is 0 Å². The molecule has 130 valence electrons. The predicted octanol–water partition coefficient (Wildman–Crippen LogP) is 2.82. The Bertz CT molecular complexity index is 987. The van der Waals surface area contributed by atoms with Crippen molar-refractivity contribution >= 4 is 16.8 Å². The second-order valence-corrected chi connectivity index (χ2v) is 6.04. The summed E-state index contributed by atoms with van der Waals surface area (Å²) in [5.74, 6) is -0.242. The van der Waals surface area contributed by atoms with Gasteiger partial charge in [0.1, 0.15) is 5.69 Å². The van der Waals surface area contributed by atoms with Crippen LogP contribution in [0.2, 0.25) is 0 Å². The Labute approximate surface area is 150 Å². The third-order valence-electron chi connectivity index (χ3n) is 4.28. The van der Waals surface area contributed by atoms with E-state index in [0.29, 0.717) is 5.69 Å². The second kappa shape index (κ2) is 6.85. The maximum atomic E-state index is 12.3. The summed E-state index contributed by atoms with van der Waals surface area (Å²) in [6.45, 7) is 0.134. The monoisotopic (exact) mass is 346 g/mol. The quantitative estimate of drug-likeness (QED) is 0.520. The van der Waals surface area contributed by atoms with Crippen molar-refractivity contribution in [1.29, 1.82) is 0 Å². The van der Waals surface area contributed by atoms with Crippen LogP contribution in [0.1, 0.15) is 22.2 Å². The SMILES string of the molecule is O=C(NCC(O)c1ccc(-n2cccn2)cc1)c1cc2ccccc2[nH]1. The van der Waals surface area contributed by atoms with E-state index in [9.17, 15) is 9.90 Å². The third kappa shape index (κ3) is 3.22. The average Bonchev–Trinajstić information content (AvgIpc) is 3.35. The lowest BCUT2D eigenvalue weighted by Gasteiger charge is -2.12. The van der Waals surface area contributed by atoms with Gasteiger partial charge in [0.15, 0.2) is 0 Å². The summed E-state index contributed by atoms with van der Waals surface area (Å²) in [6, 6.07) is 18.8. The Morgan fingerprint density at radius 2 is 1.96 bits per heavy atom. The number of aliphatic hydroxyl groups is 1. The van der Waals surface area contributed by atoms with Crippen molar-refractivity contribution in [2.24, 2.45) is 0 Å². The Kier molecular flexibility index (Phi) is 4.25. The number of para-hydroxylation sites is 1. The van der Waals surface area contributed by atoms with E-state index in [0.717, 1.165) is 22.2 Å². The van der Waals surface area contributed by atoms with Gasteiger partial charge in [0.25, 0.3) is 5.91 Å². The van der Waals surface area contributed by atoms with Crippen LogP contribution in [-0.2, 0) is 0 Å². The average molecular weight is 346 g/mol. The summed E-state index contributed by atoms with van der Waals surface area (Å²) in [7, 11) is 0. The van der Waals surface area contributed by atoms with Crippen molar-refractivity contribution in [3.8, 4) is 5.69 Å². The Morgan fingerprint density at radius 1 is 1.15 bits per heavy atom. The number of aliphatic hydroxyl groups excluding tert-OH is 1. The fourth-order valence-corrected chi connectivity index (χ4v) is 2.87. The first kappa shape index (κ1) is 16.1. The molecule has 0 saturated heterocycles. The zero-order chi connectivity index (χ0) is 17.9. The minimum atomic E-state index is -0.782. The zero-order valence-corrected chi connectivity index (χ0v) is 14.0. The number of hydrogen-bond donors (Lipinski definition) is 3. The highest BCUT2D eigenvalue weighted by Gasteiger charge is 2.13. The van der Waals surface area contributed by atoms with Crippen molar-refractivity contribution in [1.82, 2.24) is 20.1 Å². The highest BCUT2D eigenvalue weighted by molar-refractivity contribution is 5.97. The molecule has 0 spiro atoms. The smallest absolute Gasteiger partial charge is 0.267 e. The number of aromatic amines is 1. The number of benzene rings is 2. The minimum Gasteiger partial charge on any atom is -0.387 e. The van der Waals surface area contributed by atoms with Crippen LogP contribution in [0.4, 0.5) is 0 Å². The molecule has 0 aliphatic heterocycles. The predicted molar refractivity (Wildman–Crippen MR) is 99.2 cm³/mol. The summed E-state index contributed by atoms with van der Waals surface area (Å²) in [5, 5.41) is 18.2. The van der Waals surface area contributed by atoms with Gasteiger partial charge < -0.3 is 15.4 Å². The fourth-order valence-electron chi connectivity index (χ4n) is 2.87. The largest absolute Gasteiger partial charge is 0.387 e. The number of carbonyl (C=O) groups is 1. The van der Waals surface area contributed by atoms with Crippen molar-refractivity contribution in [2.75, 3.05) is 6.54 Å². The van der Waals surface area contributed by atoms with Gasteiger partial charge in [-0.3, -0.25) is 4.79 Å². The third-order valence-corrected chi connectivity index (χ3v) is 4.28. The molecule has 1 atom stereocenters. The van der Waals surface area contributed by atoms with E-state index in [1.165, 1.54) is 0 Å². The molecule has 0 radical (unpaired) electrons. The summed E-state index contributed by atoms with van der Waals surface area (Å²) >= 11 is 0. The first-order valence-corrected chi connectivity index (χ1v) is 8.35. The molecular weight excluding hydrogens is 328 g/mol. The minimum absolute atomic E-state index is 0.134. The van der Waals surface area contributed by atoms with E-state index in [4.69, 9.17) is 0 Å². The second-order valence-electron chi connectivity index (χ2n) is 6.04. The molecule has 26 heavy (non-hydrogen) atoms. The van der Waals surface area contributed by atoms with E-state index < -0.39 is 6.10 Å². The van der Waals surface area contributed by atoms with Gasteiger partial charge in [-0.15, -0.1) is 0 Å². The van der Waals surface area contributed by atoms with Crippen LogP contribution < -0.4 is 5.32 Å². The molecule has 2 heterocycles. The van der Waals surface area contributed by atoms with Crippen LogP contribution in [0.25, 0.3) is 16.6 Å². The number of hydrogen-bond acceptors (Lipinski definition) is 3. The topological polar surface area (TPSA) is 82.9 Å². The first-order chi connectivity index (χ1) is 12.7. The maximum absolute atomic E-state index is 12.3. The summed E-state index contributed by atoms with van der Waals surface area (Å²) in [6.07, 6.45) is 2.78. The molecule has 1 unspecified atom stereocenters. The van der Waals surface area contributed by atoms with Crippen molar-refractivity contribution in [2.45, 2.75) is 6.10 Å². The van der Waals surface area contributed by atoms with E-state index >= 15 is 0 Å². The normalized spacial score (nSPS) is 12.2. The fraction of sp³-hybridized carbons (Fsp3) is 0.100. The van der Waals surface area contributed by atoms with Gasteiger partial charge in [-0.05, 0) is 35.9 Å². The van der Waals surface area contributed by atoms with Gasteiger partial charge in [-0.2, -0.15) is 5.10 Å². The number of H-pyrrole nitrogens is 1. The molecule has 0 fully saturated rings. The van der Waals surface area contributed by atoms with Crippen LogP contribution in [0.5, 0.6) is 0 Å². The van der Waals surface area contributed by atoms with E-state index in [1.807, 2.05) is 60.8 Å². The number of carbonyl (C=O) groups excluding carboxylic acids is 1. The number of nitrogens with one attached hydrogen (secondary N) is 2. The maximum Gasteiger partial charge on any atom is 0.267 e. The van der Waals surface area contributed by atoms with Crippen LogP contribution in [0.15, 0.2) is 73.1 Å². The summed E-state index contributed by atoms with van der Waals surface area (Å²) in [5.41, 5.74) is 3.03. The van der Waals surface area contributed by atoms with Gasteiger partial charge in [0.05, 0.1) is 11.8 Å². The number of rotatable bonds is 5. The lowest BCUT2D eigenvalue weighted by molar-refractivity contribution is 0.0912. The molecule has 4 rings (SSSR count). The standard InChI is InChI=1S/C20H18N4O2/c25-19(14-6-8-16(9-7-14)24-11-3-10-22-24)13-21-20(26)18-12-15-4-1-2-5-17(15)23-18/h1-12,19,23,25H,13H2,(H,21,26). The molecule has 3 N–H and O–H groups in total. The molecule has 0 bridgehead atoms. The highest BCUT2D eigenvalue weighted by atomic mass is 16.3. The molecule has 6 nitrogen and oxygen atoms in total. The van der Waals surface area contributed by atoms with Crippen LogP contribution in [0.3, 0.4) is 0 Å². The number of aromatic nitrogens is 3. The van der Waals surface area contributed by atoms with E-state index in [1.54, 1.807) is 16.9 Å². The molecule has 0 aliphatic carbocycles. The molecule has 0 saturated carbocycles. The van der Waals surface area contributed by atoms with Gasteiger partial charge in [-0.1, -0.05) is 30.3 Å². The highest BCUT2D eigenvalue weighted by Crippen LogP contribution is 2.17. The lowest BCUT2D eigenvalue weighted by Crippen LogP contribution is -2.28. The molecular formula is C20H18N4O2. The number of fused-ring (bicyclic) bond motifs is 1. The van der Waals surface area contributed by atoms with Crippen molar-refractivity contribution in [3.63, 3.8) is 0 Å². The van der Waals surface area contributed by atoms with Gasteiger partial charge >= 0.3 is 0 Å². The van der Waals surface area contributed by atoms with E-state index in [-0.39, 0.29) is 12.5 Å². The van der Waals surface area contributed by atoms with Crippen molar-refractivity contribution < 1.29 is 9.90 Å². The molecule has 2 aromatic heterocycles. The van der Waals surface area contributed by atoms with Crippen LogP contribution in [0, 0.1) is 0 Å². The van der Waals surface area contributed by atoms with E-state index in [2.05, 4.69) is 15.4 Å². The van der Waals surface area contributed by atoms with Gasteiger partial charge in [-0.25, -0.2) is 4.68 Å².